The molecule has 6 heteroatoms. The number of piperazine rings is 1. The Morgan fingerprint density at radius 2 is 2.13 bits per heavy atom. The molecule has 2 heterocycles. The lowest BCUT2D eigenvalue weighted by Crippen LogP contribution is -2.50. The standard InChI is InChI=1S/C17H26N4O2/c18-17(22)13-23-16-3-1-2-14(10-16)12-20-6-8-21(9-7-20)15-4-5-19-11-15/h1-3,10,15,19H,4-9,11-13H2,(H2,18,22)/t15-/m1/s1. The molecule has 2 aliphatic heterocycles. The Hall–Kier alpha value is -1.63. The van der Waals surface area contributed by atoms with Gasteiger partial charge in [0.1, 0.15) is 5.75 Å². The van der Waals surface area contributed by atoms with Gasteiger partial charge in [-0.25, -0.2) is 0 Å². The first kappa shape index (κ1) is 16.2. The molecule has 1 aromatic rings. The van der Waals surface area contributed by atoms with E-state index in [0.717, 1.165) is 51.9 Å². The largest absolute Gasteiger partial charge is 0.484 e. The van der Waals surface area contributed by atoms with Gasteiger partial charge >= 0.3 is 0 Å². The molecule has 1 atom stereocenters. The number of nitrogens with zero attached hydrogens (tertiary/aromatic N) is 2. The molecule has 0 radical (unpaired) electrons. The van der Waals surface area contributed by atoms with Crippen LogP contribution in [0, 0.1) is 0 Å². The van der Waals surface area contributed by atoms with Gasteiger partial charge in [0.05, 0.1) is 0 Å². The molecule has 1 amide bonds. The summed E-state index contributed by atoms with van der Waals surface area (Å²) in [6.07, 6.45) is 1.28. The Balaban J connectivity index is 1.48. The normalized spacial score (nSPS) is 23.0. The summed E-state index contributed by atoms with van der Waals surface area (Å²) in [6, 6.07) is 8.65. The van der Waals surface area contributed by atoms with E-state index in [1.807, 2.05) is 18.2 Å². The second-order valence-corrected chi connectivity index (χ2v) is 6.36. The van der Waals surface area contributed by atoms with Crippen molar-refractivity contribution >= 4 is 5.91 Å². The summed E-state index contributed by atoms with van der Waals surface area (Å²) in [5, 5.41) is 3.44. The molecule has 2 saturated heterocycles. The molecule has 0 unspecified atom stereocenters. The van der Waals surface area contributed by atoms with Crippen LogP contribution in [0.25, 0.3) is 0 Å². The summed E-state index contributed by atoms with van der Waals surface area (Å²) in [5.41, 5.74) is 6.32. The van der Waals surface area contributed by atoms with E-state index in [1.165, 1.54) is 12.0 Å². The van der Waals surface area contributed by atoms with Crippen LogP contribution < -0.4 is 15.8 Å². The monoisotopic (exact) mass is 318 g/mol. The van der Waals surface area contributed by atoms with Crippen molar-refractivity contribution in [1.82, 2.24) is 15.1 Å². The average Bonchev–Trinajstić information content (AvgIpc) is 3.08. The summed E-state index contributed by atoms with van der Waals surface area (Å²) in [4.78, 5) is 15.9. The zero-order valence-corrected chi connectivity index (χ0v) is 13.5. The van der Waals surface area contributed by atoms with Gasteiger partial charge in [0.15, 0.2) is 6.61 Å². The lowest BCUT2D eigenvalue weighted by molar-refractivity contribution is -0.119. The molecule has 0 spiro atoms. The van der Waals surface area contributed by atoms with Crippen LogP contribution in [-0.2, 0) is 11.3 Å². The molecule has 2 fully saturated rings. The second kappa shape index (κ2) is 7.77. The van der Waals surface area contributed by atoms with Crippen molar-refractivity contribution in [2.24, 2.45) is 5.73 Å². The predicted molar refractivity (Wildman–Crippen MR) is 89.3 cm³/mol. The maximum Gasteiger partial charge on any atom is 0.255 e. The number of nitrogens with two attached hydrogens (primary N) is 1. The van der Waals surface area contributed by atoms with E-state index in [-0.39, 0.29) is 6.61 Å². The number of amides is 1. The summed E-state index contributed by atoms with van der Waals surface area (Å²) in [5.74, 6) is 0.255. The minimum Gasteiger partial charge on any atom is -0.484 e. The highest BCUT2D eigenvalue weighted by molar-refractivity contribution is 5.75. The minimum atomic E-state index is -0.451. The number of nitrogens with one attached hydrogen (secondary N) is 1. The molecular formula is C17H26N4O2. The van der Waals surface area contributed by atoms with Crippen molar-refractivity contribution in [3.63, 3.8) is 0 Å². The maximum absolute atomic E-state index is 10.8. The fourth-order valence-electron chi connectivity index (χ4n) is 3.38. The van der Waals surface area contributed by atoms with Gasteiger partial charge in [0.25, 0.3) is 5.91 Å². The van der Waals surface area contributed by atoms with Crippen molar-refractivity contribution in [3.05, 3.63) is 29.8 Å². The third-order valence-electron chi connectivity index (χ3n) is 4.64. The zero-order valence-electron chi connectivity index (χ0n) is 13.5. The zero-order chi connectivity index (χ0) is 16.1. The van der Waals surface area contributed by atoms with Gasteiger partial charge in [0.2, 0.25) is 0 Å². The van der Waals surface area contributed by atoms with E-state index in [2.05, 4.69) is 21.2 Å². The van der Waals surface area contributed by atoms with E-state index < -0.39 is 5.91 Å². The second-order valence-electron chi connectivity index (χ2n) is 6.36. The molecule has 3 N–H and O–H groups in total. The van der Waals surface area contributed by atoms with Crippen LogP contribution in [0.15, 0.2) is 24.3 Å². The molecule has 6 nitrogen and oxygen atoms in total. The highest BCUT2D eigenvalue weighted by Crippen LogP contribution is 2.17. The predicted octanol–water partition coefficient (Wildman–Crippen LogP) is 0.0302. The number of hydrogen-bond acceptors (Lipinski definition) is 5. The van der Waals surface area contributed by atoms with Crippen molar-refractivity contribution in [1.29, 1.82) is 0 Å². The number of primary amides is 1. The van der Waals surface area contributed by atoms with Crippen LogP contribution in [0.5, 0.6) is 5.75 Å². The lowest BCUT2D eigenvalue weighted by atomic mass is 10.1. The van der Waals surface area contributed by atoms with Crippen molar-refractivity contribution in [2.75, 3.05) is 45.9 Å². The van der Waals surface area contributed by atoms with E-state index in [0.29, 0.717) is 5.75 Å². The number of hydrogen-bond donors (Lipinski definition) is 2. The van der Waals surface area contributed by atoms with Gasteiger partial charge in [-0.05, 0) is 30.7 Å². The molecule has 1 aromatic carbocycles. The van der Waals surface area contributed by atoms with Crippen LogP contribution in [0.4, 0.5) is 0 Å². The van der Waals surface area contributed by atoms with E-state index in [9.17, 15) is 4.79 Å². The van der Waals surface area contributed by atoms with Crippen LogP contribution in [0.3, 0.4) is 0 Å². The Morgan fingerprint density at radius 1 is 1.30 bits per heavy atom. The number of carbonyl (C=O) groups is 1. The molecule has 0 aliphatic carbocycles. The molecule has 23 heavy (non-hydrogen) atoms. The Bertz CT molecular complexity index is 523. The molecule has 0 aromatic heterocycles. The quantitative estimate of drug-likeness (QED) is 0.774. The summed E-state index contributed by atoms with van der Waals surface area (Å²) in [7, 11) is 0. The summed E-state index contributed by atoms with van der Waals surface area (Å²) in [6.45, 7) is 7.63. The first-order valence-electron chi connectivity index (χ1n) is 8.38. The Labute approximate surface area is 137 Å². The van der Waals surface area contributed by atoms with E-state index >= 15 is 0 Å². The first-order chi connectivity index (χ1) is 11.2. The van der Waals surface area contributed by atoms with E-state index in [1.54, 1.807) is 0 Å². The molecular weight excluding hydrogens is 292 g/mol. The molecule has 2 aliphatic rings. The summed E-state index contributed by atoms with van der Waals surface area (Å²) >= 11 is 0. The molecule has 126 valence electrons. The maximum atomic E-state index is 10.8. The summed E-state index contributed by atoms with van der Waals surface area (Å²) < 4.78 is 5.37. The average molecular weight is 318 g/mol. The van der Waals surface area contributed by atoms with Gasteiger partial charge in [-0.1, -0.05) is 12.1 Å². The highest BCUT2D eigenvalue weighted by Gasteiger charge is 2.25. The van der Waals surface area contributed by atoms with Gasteiger partial charge in [-0.15, -0.1) is 0 Å². The van der Waals surface area contributed by atoms with Crippen LogP contribution in [0.2, 0.25) is 0 Å². The number of benzene rings is 1. The van der Waals surface area contributed by atoms with Gasteiger partial charge in [-0.2, -0.15) is 0 Å². The van der Waals surface area contributed by atoms with Crippen molar-refractivity contribution < 1.29 is 9.53 Å². The van der Waals surface area contributed by atoms with Crippen molar-refractivity contribution in [3.8, 4) is 5.75 Å². The van der Waals surface area contributed by atoms with E-state index in [4.69, 9.17) is 10.5 Å². The van der Waals surface area contributed by atoms with Gasteiger partial charge < -0.3 is 15.8 Å². The van der Waals surface area contributed by atoms with Crippen LogP contribution in [0.1, 0.15) is 12.0 Å². The van der Waals surface area contributed by atoms with Gasteiger partial charge in [0, 0.05) is 45.3 Å². The Morgan fingerprint density at radius 3 is 2.83 bits per heavy atom. The smallest absolute Gasteiger partial charge is 0.255 e. The third-order valence-corrected chi connectivity index (χ3v) is 4.64. The SMILES string of the molecule is NC(=O)COc1cccc(CN2CCN([C@@H]3CCNC3)CC2)c1. The molecule has 0 bridgehead atoms. The molecule has 3 rings (SSSR count). The third kappa shape index (κ3) is 4.67. The van der Waals surface area contributed by atoms with Crippen LogP contribution in [-0.4, -0.2) is 67.6 Å². The topological polar surface area (TPSA) is 70.8 Å². The van der Waals surface area contributed by atoms with Crippen molar-refractivity contribution in [2.45, 2.75) is 19.0 Å². The Kier molecular flexibility index (Phi) is 5.48. The number of carbonyl (C=O) groups excluding carboxylic acids is 1. The first-order valence-corrected chi connectivity index (χ1v) is 8.38. The lowest BCUT2D eigenvalue weighted by Gasteiger charge is -2.37. The highest BCUT2D eigenvalue weighted by atomic mass is 16.5. The van der Waals surface area contributed by atoms with Crippen LogP contribution >= 0.6 is 0 Å². The number of ether oxygens (including phenoxy) is 1. The molecule has 0 saturated carbocycles. The minimum absolute atomic E-state index is 0.0719. The fourth-order valence-corrected chi connectivity index (χ4v) is 3.38. The number of rotatable bonds is 6. The fraction of sp³-hybridized carbons (Fsp3) is 0.588. The van der Waals surface area contributed by atoms with Gasteiger partial charge in [-0.3, -0.25) is 14.6 Å².